The van der Waals surface area contributed by atoms with Gasteiger partial charge < -0.3 is 20.1 Å². The number of β-amino-alcohol motifs (C(OH)–C–C–N with tert-alkyl or cyclic N) is 1. The molecule has 1 aliphatic heterocycles. The largest absolute Gasteiger partial charge is 0.390 e. The van der Waals surface area contributed by atoms with Crippen LogP contribution in [0.2, 0.25) is 0 Å². The van der Waals surface area contributed by atoms with Crippen molar-refractivity contribution in [2.24, 2.45) is 0 Å². The number of carbonyl (C=O) groups excluding carboxylic acids is 1. The van der Waals surface area contributed by atoms with E-state index in [4.69, 9.17) is 4.74 Å². The lowest BCUT2D eigenvalue weighted by Crippen LogP contribution is -2.45. The van der Waals surface area contributed by atoms with Gasteiger partial charge in [0.1, 0.15) is 6.61 Å². The Balaban J connectivity index is 2.31. The lowest BCUT2D eigenvalue weighted by molar-refractivity contribution is -0.138. The summed E-state index contributed by atoms with van der Waals surface area (Å²) in [7, 11) is 1.71. The van der Waals surface area contributed by atoms with Gasteiger partial charge in [-0.15, -0.1) is 0 Å². The van der Waals surface area contributed by atoms with E-state index in [0.717, 1.165) is 6.42 Å². The van der Waals surface area contributed by atoms with Crippen molar-refractivity contribution in [3.05, 3.63) is 0 Å². The lowest BCUT2D eigenvalue weighted by atomic mass is 10.2. The molecule has 1 heterocycles. The summed E-state index contributed by atoms with van der Waals surface area (Å²) in [5.74, 6) is -0.0730. The molecule has 15 heavy (non-hydrogen) atoms. The smallest absolute Gasteiger partial charge is 0.248 e. The molecule has 0 aromatic carbocycles. The van der Waals surface area contributed by atoms with Crippen molar-refractivity contribution in [3.8, 4) is 0 Å². The fraction of sp³-hybridized carbons (Fsp3) is 0.900. The van der Waals surface area contributed by atoms with Crippen molar-refractivity contribution in [1.82, 2.24) is 10.2 Å². The van der Waals surface area contributed by atoms with Crippen LogP contribution < -0.4 is 5.32 Å². The zero-order chi connectivity index (χ0) is 11.3. The van der Waals surface area contributed by atoms with Crippen molar-refractivity contribution in [1.29, 1.82) is 0 Å². The number of nitrogens with zero attached hydrogens (tertiary/aromatic N) is 1. The number of amides is 1. The second kappa shape index (κ2) is 6.05. The molecule has 5 heteroatoms. The van der Waals surface area contributed by atoms with E-state index in [1.165, 1.54) is 0 Å². The van der Waals surface area contributed by atoms with Gasteiger partial charge in [0.05, 0.1) is 12.1 Å². The monoisotopic (exact) mass is 216 g/mol. The summed E-state index contributed by atoms with van der Waals surface area (Å²) in [6.45, 7) is 3.91. The molecule has 1 rings (SSSR count). The van der Waals surface area contributed by atoms with Crippen molar-refractivity contribution in [2.75, 3.05) is 33.4 Å². The maximum atomic E-state index is 11.6. The van der Waals surface area contributed by atoms with Crippen molar-refractivity contribution in [3.63, 3.8) is 0 Å². The SMILES string of the molecule is CCCOCC(=O)N(C)[C@@H]1CNC[C@H]1O. The summed E-state index contributed by atoms with van der Waals surface area (Å²) >= 11 is 0. The molecule has 0 bridgehead atoms. The van der Waals surface area contributed by atoms with Crippen LogP contribution in [0.5, 0.6) is 0 Å². The van der Waals surface area contributed by atoms with E-state index in [1.807, 2.05) is 6.92 Å². The van der Waals surface area contributed by atoms with Crippen LogP contribution in [0.15, 0.2) is 0 Å². The maximum Gasteiger partial charge on any atom is 0.248 e. The molecule has 0 aliphatic carbocycles. The molecule has 1 aliphatic rings. The normalized spacial score (nSPS) is 25.5. The minimum atomic E-state index is -0.467. The van der Waals surface area contributed by atoms with Gasteiger partial charge in [-0.1, -0.05) is 6.92 Å². The van der Waals surface area contributed by atoms with E-state index in [2.05, 4.69) is 5.32 Å². The number of rotatable bonds is 5. The highest BCUT2D eigenvalue weighted by atomic mass is 16.5. The molecule has 5 nitrogen and oxygen atoms in total. The maximum absolute atomic E-state index is 11.6. The number of ether oxygens (including phenoxy) is 1. The first-order chi connectivity index (χ1) is 7.16. The van der Waals surface area contributed by atoms with Gasteiger partial charge in [0.2, 0.25) is 5.91 Å². The van der Waals surface area contributed by atoms with E-state index in [9.17, 15) is 9.90 Å². The predicted molar refractivity (Wildman–Crippen MR) is 56.5 cm³/mol. The molecule has 88 valence electrons. The third-order valence-electron chi connectivity index (χ3n) is 2.62. The Morgan fingerprint density at radius 1 is 1.60 bits per heavy atom. The standard InChI is InChI=1S/C10H20N2O3/c1-3-4-15-7-10(14)12(2)8-5-11-6-9(8)13/h8-9,11,13H,3-7H2,1-2H3/t8-,9-/m1/s1. The van der Waals surface area contributed by atoms with E-state index < -0.39 is 6.10 Å². The van der Waals surface area contributed by atoms with Crippen LogP contribution in [0.4, 0.5) is 0 Å². The van der Waals surface area contributed by atoms with Gasteiger partial charge in [0.25, 0.3) is 0 Å². The molecule has 1 fully saturated rings. The van der Waals surface area contributed by atoms with Crippen LogP contribution in [-0.2, 0) is 9.53 Å². The van der Waals surface area contributed by atoms with Gasteiger partial charge in [-0.05, 0) is 6.42 Å². The van der Waals surface area contributed by atoms with Gasteiger partial charge in [0.15, 0.2) is 0 Å². The van der Waals surface area contributed by atoms with Crippen molar-refractivity contribution in [2.45, 2.75) is 25.5 Å². The fourth-order valence-electron chi connectivity index (χ4n) is 1.64. The molecule has 2 atom stereocenters. The third-order valence-corrected chi connectivity index (χ3v) is 2.62. The van der Waals surface area contributed by atoms with Crippen LogP contribution in [-0.4, -0.2) is 61.4 Å². The zero-order valence-corrected chi connectivity index (χ0v) is 9.40. The van der Waals surface area contributed by atoms with Gasteiger partial charge in [-0.25, -0.2) is 0 Å². The van der Waals surface area contributed by atoms with E-state index in [0.29, 0.717) is 19.7 Å². The summed E-state index contributed by atoms with van der Waals surface area (Å²) in [6, 6.07) is -0.122. The molecule has 1 saturated heterocycles. The summed E-state index contributed by atoms with van der Waals surface area (Å²) in [4.78, 5) is 13.2. The van der Waals surface area contributed by atoms with E-state index in [-0.39, 0.29) is 18.6 Å². The Hall–Kier alpha value is -0.650. The fourth-order valence-corrected chi connectivity index (χ4v) is 1.64. The average Bonchev–Trinajstić information content (AvgIpc) is 2.63. The van der Waals surface area contributed by atoms with Gasteiger partial charge in [-0.2, -0.15) is 0 Å². The lowest BCUT2D eigenvalue weighted by Gasteiger charge is -2.26. The molecule has 2 N–H and O–H groups in total. The summed E-state index contributed by atoms with van der Waals surface area (Å²) < 4.78 is 5.17. The number of aliphatic hydroxyl groups excluding tert-OH is 1. The molecule has 0 radical (unpaired) electrons. The predicted octanol–water partition coefficient (Wildman–Crippen LogP) is -0.796. The molecule has 0 unspecified atom stereocenters. The quantitative estimate of drug-likeness (QED) is 0.591. The Morgan fingerprint density at radius 2 is 2.33 bits per heavy atom. The zero-order valence-electron chi connectivity index (χ0n) is 9.40. The molecule has 1 amide bonds. The first-order valence-electron chi connectivity index (χ1n) is 5.39. The number of hydrogen-bond donors (Lipinski definition) is 2. The van der Waals surface area contributed by atoms with Crippen LogP contribution in [0.25, 0.3) is 0 Å². The summed E-state index contributed by atoms with van der Waals surface area (Å²) in [6.07, 6.45) is 0.440. The Morgan fingerprint density at radius 3 is 2.87 bits per heavy atom. The summed E-state index contributed by atoms with van der Waals surface area (Å²) in [5.41, 5.74) is 0. The minimum absolute atomic E-state index is 0.0730. The summed E-state index contributed by atoms with van der Waals surface area (Å²) in [5, 5.41) is 12.6. The number of hydrogen-bond acceptors (Lipinski definition) is 4. The first kappa shape index (κ1) is 12.4. The Labute approximate surface area is 90.4 Å². The molecular formula is C10H20N2O3. The number of carbonyl (C=O) groups is 1. The first-order valence-corrected chi connectivity index (χ1v) is 5.39. The van der Waals surface area contributed by atoms with Crippen LogP contribution in [0, 0.1) is 0 Å². The molecule has 0 aromatic rings. The highest BCUT2D eigenvalue weighted by Crippen LogP contribution is 2.07. The van der Waals surface area contributed by atoms with Crippen molar-refractivity contribution >= 4 is 5.91 Å². The second-order valence-electron chi connectivity index (χ2n) is 3.85. The molecule has 0 aromatic heterocycles. The van der Waals surface area contributed by atoms with E-state index >= 15 is 0 Å². The molecule has 0 spiro atoms. The van der Waals surface area contributed by atoms with Crippen molar-refractivity contribution < 1.29 is 14.6 Å². The second-order valence-corrected chi connectivity index (χ2v) is 3.85. The Bertz CT molecular complexity index is 211. The van der Waals surface area contributed by atoms with E-state index in [1.54, 1.807) is 11.9 Å². The van der Waals surface area contributed by atoms with Crippen LogP contribution >= 0.6 is 0 Å². The van der Waals surface area contributed by atoms with Crippen LogP contribution in [0.1, 0.15) is 13.3 Å². The van der Waals surface area contributed by atoms with Crippen LogP contribution in [0.3, 0.4) is 0 Å². The highest BCUT2D eigenvalue weighted by Gasteiger charge is 2.30. The van der Waals surface area contributed by atoms with Gasteiger partial charge in [-0.3, -0.25) is 4.79 Å². The van der Waals surface area contributed by atoms with Gasteiger partial charge in [0, 0.05) is 26.7 Å². The highest BCUT2D eigenvalue weighted by molar-refractivity contribution is 5.77. The Kier molecular flexibility index (Phi) is 5.01. The topological polar surface area (TPSA) is 61.8 Å². The average molecular weight is 216 g/mol. The number of nitrogens with one attached hydrogen (secondary N) is 1. The third kappa shape index (κ3) is 3.44. The molecular weight excluding hydrogens is 196 g/mol. The number of likely N-dealkylation sites (N-methyl/N-ethyl adjacent to an activating group) is 1. The molecule has 0 saturated carbocycles. The minimum Gasteiger partial charge on any atom is -0.390 e. The van der Waals surface area contributed by atoms with Gasteiger partial charge >= 0.3 is 0 Å². The number of aliphatic hydroxyl groups is 1.